The Morgan fingerprint density at radius 1 is 1.03 bits per heavy atom. The van der Waals surface area contributed by atoms with Gasteiger partial charge in [0.1, 0.15) is 11.5 Å². The fraction of sp³-hybridized carbons (Fsp3) is 0.120. The zero-order valence-electron chi connectivity index (χ0n) is 18.6. The smallest absolute Gasteiger partial charge is 0.343 e. The second-order valence-electron chi connectivity index (χ2n) is 7.02. The highest BCUT2D eigenvalue weighted by atomic mass is 79.9. The van der Waals surface area contributed by atoms with E-state index in [0.29, 0.717) is 34.1 Å². The summed E-state index contributed by atoms with van der Waals surface area (Å²) in [6.07, 6.45) is 1.34. The number of ether oxygens (including phenoxy) is 2. The molecule has 0 saturated carbocycles. The zero-order valence-corrected chi connectivity index (χ0v) is 20.9. The number of esters is 1. The van der Waals surface area contributed by atoms with Crippen molar-refractivity contribution >= 4 is 51.5 Å². The quantitative estimate of drug-likeness (QED) is 0.173. The minimum Gasteiger partial charge on any atom is -0.494 e. The van der Waals surface area contributed by atoms with E-state index in [1.807, 2.05) is 6.92 Å². The molecule has 2 N–H and O–H groups in total. The van der Waals surface area contributed by atoms with Crippen LogP contribution >= 0.6 is 27.5 Å². The number of nitrogens with one attached hydrogen (secondary N) is 2. The maximum atomic E-state index is 12.6. The predicted molar refractivity (Wildman–Crippen MR) is 136 cm³/mol. The van der Waals surface area contributed by atoms with Gasteiger partial charge in [0.2, 0.25) is 0 Å². The van der Waals surface area contributed by atoms with Crippen LogP contribution in [0.5, 0.6) is 11.5 Å². The molecule has 3 aromatic carbocycles. The Bertz CT molecular complexity index is 1250. The molecule has 3 aromatic rings. The van der Waals surface area contributed by atoms with Crippen molar-refractivity contribution in [3.63, 3.8) is 0 Å². The first kappa shape index (κ1) is 25.9. The molecule has 0 heterocycles. The van der Waals surface area contributed by atoms with Gasteiger partial charge in [0.15, 0.2) is 0 Å². The molecule has 0 radical (unpaired) electrons. The number of carbonyl (C=O) groups is 3. The Kier molecular flexibility index (Phi) is 9.39. The van der Waals surface area contributed by atoms with Gasteiger partial charge in [0, 0.05) is 20.6 Å². The van der Waals surface area contributed by atoms with Crippen LogP contribution in [0.3, 0.4) is 0 Å². The summed E-state index contributed by atoms with van der Waals surface area (Å²) in [6.45, 7) is 2.11. The summed E-state index contributed by atoms with van der Waals surface area (Å²) in [5.74, 6) is -0.640. The van der Waals surface area contributed by atoms with Gasteiger partial charge in [-0.05, 0) is 67.6 Å². The lowest BCUT2D eigenvalue weighted by molar-refractivity contribution is -0.120. The maximum Gasteiger partial charge on any atom is 0.343 e. The molecule has 0 aliphatic rings. The number of amides is 2. The summed E-state index contributed by atoms with van der Waals surface area (Å²) < 4.78 is 11.6. The summed E-state index contributed by atoms with van der Waals surface area (Å²) in [5.41, 5.74) is 3.45. The van der Waals surface area contributed by atoms with E-state index in [9.17, 15) is 14.4 Å². The first-order valence-corrected chi connectivity index (χ1v) is 11.6. The van der Waals surface area contributed by atoms with E-state index < -0.39 is 17.8 Å². The minimum absolute atomic E-state index is 0.249. The van der Waals surface area contributed by atoms with Crippen LogP contribution in [0, 0.1) is 0 Å². The maximum absolute atomic E-state index is 12.6. The molecule has 0 saturated heterocycles. The molecule has 8 nitrogen and oxygen atoms in total. The van der Waals surface area contributed by atoms with Crippen LogP contribution in [0.4, 0.5) is 0 Å². The number of benzene rings is 3. The van der Waals surface area contributed by atoms with Gasteiger partial charge < -0.3 is 14.8 Å². The second kappa shape index (κ2) is 12.7. The lowest BCUT2D eigenvalue weighted by Crippen LogP contribution is -2.34. The Hall–Kier alpha value is -3.69. The highest BCUT2D eigenvalue weighted by Gasteiger charge is 2.12. The van der Waals surface area contributed by atoms with Crippen LogP contribution in [-0.4, -0.2) is 37.1 Å². The first-order chi connectivity index (χ1) is 16.9. The Morgan fingerprint density at radius 2 is 1.80 bits per heavy atom. The standard InChI is InChI=1S/C25H21BrClN3O5/c1-2-34-21-9-6-16(7-10-21)25(33)35-22-11-8-19(26)12-18(22)14-29-30-23(31)15-28-24(32)17-4-3-5-20(27)13-17/h3-14H,2,15H2,1H3,(H,28,32)(H,30,31)/b29-14+. The predicted octanol–water partition coefficient (Wildman–Crippen LogP) is 4.60. The Labute approximate surface area is 215 Å². The number of rotatable bonds is 9. The Balaban J connectivity index is 1.59. The molecule has 0 spiro atoms. The highest BCUT2D eigenvalue weighted by molar-refractivity contribution is 9.10. The molecule has 0 bridgehead atoms. The van der Waals surface area contributed by atoms with Crippen molar-refractivity contribution in [3.8, 4) is 11.5 Å². The average Bonchev–Trinajstić information content (AvgIpc) is 2.84. The lowest BCUT2D eigenvalue weighted by atomic mass is 10.2. The van der Waals surface area contributed by atoms with Gasteiger partial charge >= 0.3 is 5.97 Å². The number of hydrazone groups is 1. The third-order valence-corrected chi connectivity index (χ3v) is 5.19. The number of carbonyl (C=O) groups excluding carboxylic acids is 3. The topological polar surface area (TPSA) is 106 Å². The van der Waals surface area contributed by atoms with Crippen LogP contribution in [0.25, 0.3) is 0 Å². The van der Waals surface area contributed by atoms with Crippen LogP contribution in [-0.2, 0) is 4.79 Å². The van der Waals surface area contributed by atoms with Gasteiger partial charge in [-0.2, -0.15) is 5.10 Å². The zero-order chi connectivity index (χ0) is 25.2. The molecule has 3 rings (SSSR count). The van der Waals surface area contributed by atoms with Gasteiger partial charge in [0.05, 0.1) is 24.9 Å². The number of halogens is 2. The minimum atomic E-state index is -0.558. The molecular formula is C25H21BrClN3O5. The van der Waals surface area contributed by atoms with E-state index in [-0.39, 0.29) is 12.3 Å². The first-order valence-electron chi connectivity index (χ1n) is 10.5. The van der Waals surface area contributed by atoms with Crippen molar-refractivity contribution in [2.45, 2.75) is 6.92 Å². The van der Waals surface area contributed by atoms with Gasteiger partial charge in [0.25, 0.3) is 11.8 Å². The molecular weight excluding hydrogens is 538 g/mol. The van der Waals surface area contributed by atoms with E-state index in [0.717, 1.165) is 4.47 Å². The van der Waals surface area contributed by atoms with Crippen molar-refractivity contribution in [1.82, 2.24) is 10.7 Å². The van der Waals surface area contributed by atoms with Crippen molar-refractivity contribution in [2.75, 3.05) is 13.2 Å². The summed E-state index contributed by atoms with van der Waals surface area (Å²) in [4.78, 5) is 36.7. The number of hydrogen-bond acceptors (Lipinski definition) is 6. The largest absolute Gasteiger partial charge is 0.494 e. The summed E-state index contributed by atoms with van der Waals surface area (Å²) in [7, 11) is 0. The third-order valence-electron chi connectivity index (χ3n) is 4.46. The lowest BCUT2D eigenvalue weighted by Gasteiger charge is -2.09. The van der Waals surface area contributed by atoms with Crippen molar-refractivity contribution in [1.29, 1.82) is 0 Å². The normalized spacial score (nSPS) is 10.6. The van der Waals surface area contributed by atoms with Gasteiger partial charge in [-0.3, -0.25) is 9.59 Å². The fourth-order valence-corrected chi connectivity index (χ4v) is 3.40. The molecule has 0 unspecified atom stereocenters. The molecule has 0 aromatic heterocycles. The molecule has 2 amide bonds. The fourth-order valence-electron chi connectivity index (χ4n) is 2.83. The second-order valence-corrected chi connectivity index (χ2v) is 8.37. The molecule has 35 heavy (non-hydrogen) atoms. The van der Waals surface area contributed by atoms with Crippen LogP contribution in [0.2, 0.25) is 5.02 Å². The van der Waals surface area contributed by atoms with Gasteiger partial charge in [-0.1, -0.05) is 33.6 Å². The van der Waals surface area contributed by atoms with E-state index in [2.05, 4.69) is 31.8 Å². The molecule has 180 valence electrons. The van der Waals surface area contributed by atoms with Crippen molar-refractivity contribution in [3.05, 3.63) is 92.9 Å². The van der Waals surface area contributed by atoms with Crippen LogP contribution < -0.4 is 20.2 Å². The highest BCUT2D eigenvalue weighted by Crippen LogP contribution is 2.23. The van der Waals surface area contributed by atoms with Gasteiger partial charge in [-0.25, -0.2) is 10.2 Å². The summed E-state index contributed by atoms with van der Waals surface area (Å²) in [6, 6.07) is 17.9. The molecule has 0 fully saturated rings. The van der Waals surface area contributed by atoms with E-state index in [1.54, 1.807) is 60.7 Å². The average molecular weight is 559 g/mol. The molecule has 0 aliphatic heterocycles. The van der Waals surface area contributed by atoms with Crippen LogP contribution in [0.15, 0.2) is 76.3 Å². The number of nitrogens with zero attached hydrogens (tertiary/aromatic N) is 1. The molecule has 0 atom stereocenters. The molecule has 0 aliphatic carbocycles. The summed E-state index contributed by atoms with van der Waals surface area (Å²) in [5, 5.41) is 6.79. The van der Waals surface area contributed by atoms with Crippen molar-refractivity contribution in [2.24, 2.45) is 5.10 Å². The van der Waals surface area contributed by atoms with Crippen molar-refractivity contribution < 1.29 is 23.9 Å². The molecule has 10 heteroatoms. The number of hydrogen-bond donors (Lipinski definition) is 2. The van der Waals surface area contributed by atoms with E-state index in [1.165, 1.54) is 12.3 Å². The van der Waals surface area contributed by atoms with E-state index in [4.69, 9.17) is 21.1 Å². The van der Waals surface area contributed by atoms with E-state index >= 15 is 0 Å². The van der Waals surface area contributed by atoms with Crippen LogP contribution in [0.1, 0.15) is 33.2 Å². The van der Waals surface area contributed by atoms with Gasteiger partial charge in [-0.15, -0.1) is 0 Å². The monoisotopic (exact) mass is 557 g/mol. The summed E-state index contributed by atoms with van der Waals surface area (Å²) >= 11 is 9.23. The SMILES string of the molecule is CCOc1ccc(C(=O)Oc2ccc(Br)cc2/C=N/NC(=O)CNC(=O)c2cccc(Cl)c2)cc1. The third kappa shape index (κ3) is 7.94. The Morgan fingerprint density at radius 3 is 2.51 bits per heavy atom.